The van der Waals surface area contributed by atoms with Gasteiger partial charge in [0.1, 0.15) is 10.9 Å². The van der Waals surface area contributed by atoms with E-state index < -0.39 is 34.4 Å². The van der Waals surface area contributed by atoms with Gasteiger partial charge in [0.2, 0.25) is 21.8 Å². The third-order valence-corrected chi connectivity index (χ3v) is 4.87. The lowest BCUT2D eigenvalue weighted by atomic mass is 10.2. The van der Waals surface area contributed by atoms with Gasteiger partial charge in [0.15, 0.2) is 0 Å². The van der Waals surface area contributed by atoms with E-state index in [0.717, 1.165) is 4.31 Å². The van der Waals surface area contributed by atoms with Crippen molar-refractivity contribution in [3.63, 3.8) is 0 Å². The molecule has 0 spiro atoms. The van der Waals surface area contributed by atoms with Gasteiger partial charge < -0.3 is 5.73 Å². The van der Waals surface area contributed by atoms with E-state index in [1.165, 1.54) is 25.1 Å². The molecule has 1 aliphatic rings. The van der Waals surface area contributed by atoms with Crippen molar-refractivity contribution >= 4 is 27.5 Å². The Kier molecular flexibility index (Phi) is 3.29. The fourth-order valence-electron chi connectivity index (χ4n) is 1.83. The Morgan fingerprint density at radius 3 is 2.58 bits per heavy atom. The molecule has 1 unspecified atom stereocenters. The van der Waals surface area contributed by atoms with E-state index in [-0.39, 0.29) is 10.6 Å². The SMILES string of the molecule is CC1C(=O)NC(=O)CN1S(=O)(=O)c1ccccc1N. The molecule has 2 rings (SSSR count). The minimum atomic E-state index is -3.98. The molecule has 0 radical (unpaired) electrons. The van der Waals surface area contributed by atoms with Crippen LogP contribution in [0.3, 0.4) is 0 Å². The van der Waals surface area contributed by atoms with Crippen molar-refractivity contribution in [1.82, 2.24) is 9.62 Å². The van der Waals surface area contributed by atoms with Crippen LogP contribution in [0.4, 0.5) is 5.69 Å². The lowest BCUT2D eigenvalue weighted by molar-refractivity contribution is -0.136. The number of piperazine rings is 1. The molecule has 3 N–H and O–H groups in total. The molecule has 1 heterocycles. The predicted octanol–water partition coefficient (Wildman–Crippen LogP) is -0.696. The maximum Gasteiger partial charge on any atom is 0.246 e. The summed E-state index contributed by atoms with van der Waals surface area (Å²) in [5, 5.41) is 2.08. The molecule has 1 aromatic carbocycles. The summed E-state index contributed by atoms with van der Waals surface area (Å²) in [5.74, 6) is -1.30. The Morgan fingerprint density at radius 2 is 1.95 bits per heavy atom. The van der Waals surface area contributed by atoms with Gasteiger partial charge in [-0.05, 0) is 19.1 Å². The molecule has 2 amide bonds. The first-order valence-electron chi connectivity index (χ1n) is 5.54. The number of imide groups is 1. The van der Waals surface area contributed by atoms with Gasteiger partial charge in [0.05, 0.1) is 12.2 Å². The summed E-state index contributed by atoms with van der Waals surface area (Å²) >= 11 is 0. The topological polar surface area (TPSA) is 110 Å². The number of para-hydroxylation sites is 1. The summed E-state index contributed by atoms with van der Waals surface area (Å²) in [7, 11) is -3.98. The number of carbonyl (C=O) groups excluding carboxylic acids is 2. The average Bonchev–Trinajstić information content (AvgIpc) is 2.34. The standard InChI is InChI=1S/C11H13N3O4S/c1-7-11(16)13-10(15)6-14(7)19(17,18)9-5-3-2-4-8(9)12/h2-5,7H,6,12H2,1H3,(H,13,15,16). The number of amides is 2. The second-order valence-electron chi connectivity index (χ2n) is 4.18. The van der Waals surface area contributed by atoms with Crippen molar-refractivity contribution in [1.29, 1.82) is 0 Å². The Hall–Kier alpha value is -1.93. The molecule has 0 bridgehead atoms. The molecule has 102 valence electrons. The molecular formula is C11H13N3O4S. The van der Waals surface area contributed by atoms with Gasteiger partial charge in [-0.3, -0.25) is 14.9 Å². The monoisotopic (exact) mass is 283 g/mol. The zero-order chi connectivity index (χ0) is 14.2. The van der Waals surface area contributed by atoms with E-state index in [1.54, 1.807) is 6.07 Å². The van der Waals surface area contributed by atoms with Gasteiger partial charge in [0, 0.05) is 0 Å². The number of anilines is 1. The second-order valence-corrected chi connectivity index (χ2v) is 6.04. The van der Waals surface area contributed by atoms with Gasteiger partial charge >= 0.3 is 0 Å². The molecule has 8 heteroatoms. The Balaban J connectivity index is 2.47. The van der Waals surface area contributed by atoms with E-state index >= 15 is 0 Å². The minimum absolute atomic E-state index is 0.0770. The van der Waals surface area contributed by atoms with E-state index in [4.69, 9.17) is 5.73 Å². The molecule has 19 heavy (non-hydrogen) atoms. The highest BCUT2D eigenvalue weighted by Gasteiger charge is 2.39. The van der Waals surface area contributed by atoms with E-state index in [2.05, 4.69) is 5.32 Å². The van der Waals surface area contributed by atoms with Gasteiger partial charge in [-0.1, -0.05) is 12.1 Å². The third-order valence-electron chi connectivity index (χ3n) is 2.88. The highest BCUT2D eigenvalue weighted by molar-refractivity contribution is 7.89. The van der Waals surface area contributed by atoms with E-state index in [0.29, 0.717) is 0 Å². The number of nitrogens with two attached hydrogens (primary N) is 1. The Morgan fingerprint density at radius 1 is 1.32 bits per heavy atom. The lowest BCUT2D eigenvalue weighted by Gasteiger charge is -2.30. The second kappa shape index (κ2) is 4.63. The molecule has 1 fully saturated rings. The van der Waals surface area contributed by atoms with Crippen LogP contribution < -0.4 is 11.1 Å². The van der Waals surface area contributed by atoms with Crippen molar-refractivity contribution in [2.75, 3.05) is 12.3 Å². The number of carbonyl (C=O) groups is 2. The number of hydrogen-bond donors (Lipinski definition) is 2. The Labute approximate surface area is 110 Å². The maximum atomic E-state index is 12.4. The van der Waals surface area contributed by atoms with Crippen LogP contribution in [-0.4, -0.2) is 37.1 Å². The number of nitrogens with zero attached hydrogens (tertiary/aromatic N) is 1. The number of benzene rings is 1. The van der Waals surface area contributed by atoms with Gasteiger partial charge in [0.25, 0.3) is 0 Å². The minimum Gasteiger partial charge on any atom is -0.398 e. The van der Waals surface area contributed by atoms with Crippen LogP contribution in [0.1, 0.15) is 6.92 Å². The van der Waals surface area contributed by atoms with Crippen LogP contribution in [0.2, 0.25) is 0 Å². The van der Waals surface area contributed by atoms with Gasteiger partial charge in [-0.25, -0.2) is 8.42 Å². The summed E-state index contributed by atoms with van der Waals surface area (Å²) in [6.45, 7) is 1.02. The van der Waals surface area contributed by atoms with Crippen LogP contribution >= 0.6 is 0 Å². The summed E-state index contributed by atoms with van der Waals surface area (Å²) < 4.78 is 25.7. The number of nitrogen functional groups attached to an aromatic ring is 1. The summed E-state index contributed by atoms with van der Waals surface area (Å²) in [4.78, 5) is 22.7. The van der Waals surface area contributed by atoms with E-state index in [9.17, 15) is 18.0 Å². The number of sulfonamides is 1. The number of hydrogen-bond acceptors (Lipinski definition) is 5. The zero-order valence-corrected chi connectivity index (χ0v) is 11.0. The fourth-order valence-corrected chi connectivity index (χ4v) is 3.49. The summed E-state index contributed by atoms with van der Waals surface area (Å²) in [6.07, 6.45) is 0. The third kappa shape index (κ3) is 2.32. The zero-order valence-electron chi connectivity index (χ0n) is 10.2. The van der Waals surface area contributed by atoms with Gasteiger partial charge in [-0.2, -0.15) is 4.31 Å². The highest BCUT2D eigenvalue weighted by Crippen LogP contribution is 2.24. The summed E-state index contributed by atoms with van der Waals surface area (Å²) in [6, 6.07) is 4.96. The van der Waals surface area contributed by atoms with Crippen molar-refractivity contribution in [3.8, 4) is 0 Å². The van der Waals surface area contributed by atoms with E-state index in [1.807, 2.05) is 0 Å². The predicted molar refractivity (Wildman–Crippen MR) is 67.4 cm³/mol. The molecule has 1 aromatic rings. The summed E-state index contributed by atoms with van der Waals surface area (Å²) in [5.41, 5.74) is 5.71. The Bertz CT molecular complexity index is 641. The first-order chi connectivity index (χ1) is 8.84. The number of nitrogens with one attached hydrogen (secondary N) is 1. The normalized spacial score (nSPS) is 21.2. The molecule has 1 atom stereocenters. The molecule has 0 aliphatic carbocycles. The van der Waals surface area contributed by atoms with Crippen molar-refractivity contribution < 1.29 is 18.0 Å². The van der Waals surface area contributed by atoms with Crippen molar-refractivity contribution in [3.05, 3.63) is 24.3 Å². The first-order valence-corrected chi connectivity index (χ1v) is 6.98. The lowest BCUT2D eigenvalue weighted by Crippen LogP contribution is -2.58. The molecule has 0 aromatic heterocycles. The molecule has 1 saturated heterocycles. The molecular weight excluding hydrogens is 270 g/mol. The molecule has 0 saturated carbocycles. The van der Waals surface area contributed by atoms with Crippen molar-refractivity contribution in [2.45, 2.75) is 17.9 Å². The maximum absolute atomic E-state index is 12.4. The average molecular weight is 283 g/mol. The smallest absolute Gasteiger partial charge is 0.246 e. The molecule has 1 aliphatic heterocycles. The van der Waals surface area contributed by atoms with Crippen LogP contribution in [0, 0.1) is 0 Å². The van der Waals surface area contributed by atoms with Gasteiger partial charge in [-0.15, -0.1) is 0 Å². The van der Waals surface area contributed by atoms with Crippen LogP contribution in [0.15, 0.2) is 29.2 Å². The highest BCUT2D eigenvalue weighted by atomic mass is 32.2. The van der Waals surface area contributed by atoms with Crippen molar-refractivity contribution in [2.24, 2.45) is 0 Å². The first kappa shape index (κ1) is 13.5. The van der Waals surface area contributed by atoms with Crippen LogP contribution in [0.5, 0.6) is 0 Å². The largest absolute Gasteiger partial charge is 0.398 e. The quantitative estimate of drug-likeness (QED) is 0.551. The van der Waals surface area contributed by atoms with Crippen LogP contribution in [-0.2, 0) is 19.6 Å². The fraction of sp³-hybridized carbons (Fsp3) is 0.273. The molecule has 7 nitrogen and oxygen atoms in total. The van der Waals surface area contributed by atoms with Crippen LogP contribution in [0.25, 0.3) is 0 Å². The number of rotatable bonds is 2.